The van der Waals surface area contributed by atoms with Crippen LogP contribution in [-0.2, 0) is 14.8 Å². The number of carbonyl (C=O) groups is 1. The molecule has 6 nitrogen and oxygen atoms in total. The molecule has 2 fully saturated rings. The normalized spacial score (nSPS) is 24.3. The van der Waals surface area contributed by atoms with Gasteiger partial charge in [-0.3, -0.25) is 9.69 Å². The van der Waals surface area contributed by atoms with Crippen LogP contribution in [0.15, 0.2) is 35.2 Å². The van der Waals surface area contributed by atoms with Crippen molar-refractivity contribution in [2.45, 2.75) is 49.1 Å². The van der Waals surface area contributed by atoms with E-state index in [1.54, 1.807) is 30.3 Å². The Morgan fingerprint density at radius 2 is 1.75 bits per heavy atom. The lowest BCUT2D eigenvalue weighted by Crippen LogP contribution is -2.52. The number of hydrogen-bond acceptors (Lipinski definition) is 4. The first-order chi connectivity index (χ1) is 11.6. The number of benzene rings is 1. The summed E-state index contributed by atoms with van der Waals surface area (Å²) in [7, 11) is -3.47. The van der Waals surface area contributed by atoms with Gasteiger partial charge in [-0.05, 0) is 44.2 Å². The lowest BCUT2D eigenvalue weighted by Gasteiger charge is -2.36. The van der Waals surface area contributed by atoms with Crippen LogP contribution < -0.4 is 10.0 Å². The van der Waals surface area contributed by atoms with E-state index in [1.165, 1.54) is 0 Å². The van der Waals surface area contributed by atoms with Crippen molar-refractivity contribution in [2.75, 3.05) is 19.6 Å². The third-order valence-electron chi connectivity index (χ3n) is 4.85. The average molecular weight is 351 g/mol. The van der Waals surface area contributed by atoms with E-state index in [-0.39, 0.29) is 18.0 Å². The first-order valence-electron chi connectivity index (χ1n) is 8.65. The first kappa shape index (κ1) is 17.4. The predicted molar refractivity (Wildman–Crippen MR) is 92.0 cm³/mol. The molecule has 1 amide bonds. The molecule has 132 valence electrons. The lowest BCUT2D eigenvalue weighted by molar-refractivity contribution is -0.126. The van der Waals surface area contributed by atoms with Crippen LogP contribution in [0.3, 0.4) is 0 Å². The molecule has 2 heterocycles. The molecule has 1 aromatic carbocycles. The zero-order valence-corrected chi connectivity index (χ0v) is 14.6. The minimum Gasteiger partial charge on any atom is -0.355 e. The summed E-state index contributed by atoms with van der Waals surface area (Å²) in [5.41, 5.74) is 0. The van der Waals surface area contributed by atoms with Crippen molar-refractivity contribution in [3.8, 4) is 0 Å². The van der Waals surface area contributed by atoms with E-state index < -0.39 is 10.0 Å². The summed E-state index contributed by atoms with van der Waals surface area (Å²) in [6.07, 6.45) is 4.46. The highest BCUT2D eigenvalue weighted by Gasteiger charge is 2.31. The molecule has 2 aliphatic heterocycles. The third-order valence-corrected chi connectivity index (χ3v) is 6.39. The molecule has 3 rings (SSSR count). The van der Waals surface area contributed by atoms with Crippen LogP contribution in [0.25, 0.3) is 0 Å². The van der Waals surface area contributed by atoms with Crippen molar-refractivity contribution >= 4 is 15.9 Å². The minimum atomic E-state index is -3.47. The van der Waals surface area contributed by atoms with E-state index in [4.69, 9.17) is 0 Å². The van der Waals surface area contributed by atoms with Crippen LogP contribution in [0, 0.1) is 0 Å². The van der Waals surface area contributed by atoms with Gasteiger partial charge in [0.2, 0.25) is 15.9 Å². The predicted octanol–water partition coefficient (Wildman–Crippen LogP) is 1.10. The van der Waals surface area contributed by atoms with Crippen molar-refractivity contribution in [3.63, 3.8) is 0 Å². The first-order valence-corrected chi connectivity index (χ1v) is 10.1. The topological polar surface area (TPSA) is 78.5 Å². The Bertz CT molecular complexity index is 655. The fourth-order valence-electron chi connectivity index (χ4n) is 3.49. The molecule has 1 aromatic rings. The van der Waals surface area contributed by atoms with Crippen LogP contribution in [0.4, 0.5) is 0 Å². The van der Waals surface area contributed by atoms with Gasteiger partial charge in [-0.1, -0.05) is 18.2 Å². The fourth-order valence-corrected chi connectivity index (χ4v) is 4.81. The van der Waals surface area contributed by atoms with Crippen LogP contribution in [0.1, 0.15) is 32.1 Å². The van der Waals surface area contributed by atoms with E-state index in [0.29, 0.717) is 4.90 Å². The van der Waals surface area contributed by atoms with Gasteiger partial charge >= 0.3 is 0 Å². The Morgan fingerprint density at radius 1 is 1.04 bits per heavy atom. The van der Waals surface area contributed by atoms with Gasteiger partial charge in [0, 0.05) is 25.7 Å². The fraction of sp³-hybridized carbons (Fsp3) is 0.588. The number of nitrogens with zero attached hydrogens (tertiary/aromatic N) is 1. The molecule has 1 unspecified atom stereocenters. The van der Waals surface area contributed by atoms with Crippen molar-refractivity contribution in [2.24, 2.45) is 0 Å². The molecule has 2 N–H and O–H groups in total. The van der Waals surface area contributed by atoms with Gasteiger partial charge in [0.1, 0.15) is 0 Å². The van der Waals surface area contributed by atoms with E-state index in [0.717, 1.165) is 51.7 Å². The second kappa shape index (κ2) is 7.63. The molecule has 0 saturated carbocycles. The summed E-state index contributed by atoms with van der Waals surface area (Å²) >= 11 is 0. The molecule has 2 aliphatic rings. The van der Waals surface area contributed by atoms with Gasteiger partial charge in [0.25, 0.3) is 0 Å². The zero-order chi connectivity index (χ0) is 17.0. The Labute approximate surface area is 143 Å². The molecule has 0 bridgehead atoms. The molecule has 0 aromatic heterocycles. The monoisotopic (exact) mass is 351 g/mol. The van der Waals surface area contributed by atoms with Gasteiger partial charge in [0.15, 0.2) is 0 Å². The Kier molecular flexibility index (Phi) is 5.53. The number of amides is 1. The highest BCUT2D eigenvalue weighted by Crippen LogP contribution is 2.20. The largest absolute Gasteiger partial charge is 0.355 e. The lowest BCUT2D eigenvalue weighted by atomic mass is 10.0. The van der Waals surface area contributed by atoms with Gasteiger partial charge in [-0.2, -0.15) is 0 Å². The van der Waals surface area contributed by atoms with E-state index in [1.807, 2.05) is 0 Å². The average Bonchev–Trinajstić information content (AvgIpc) is 2.81. The van der Waals surface area contributed by atoms with Crippen LogP contribution in [-0.4, -0.2) is 50.9 Å². The number of nitrogens with one attached hydrogen (secondary N) is 2. The number of carbonyl (C=O) groups excluding carboxylic acids is 1. The second-order valence-electron chi connectivity index (χ2n) is 6.55. The molecule has 24 heavy (non-hydrogen) atoms. The number of hydrogen-bond donors (Lipinski definition) is 2. The summed E-state index contributed by atoms with van der Waals surface area (Å²) in [6, 6.07) is 8.33. The molecule has 0 radical (unpaired) electrons. The summed E-state index contributed by atoms with van der Waals surface area (Å²) in [5, 5.41) is 2.97. The molecule has 7 heteroatoms. The summed E-state index contributed by atoms with van der Waals surface area (Å²) < 4.78 is 27.6. The van der Waals surface area contributed by atoms with Crippen molar-refractivity contribution in [1.82, 2.24) is 14.9 Å². The van der Waals surface area contributed by atoms with Crippen LogP contribution in [0.2, 0.25) is 0 Å². The van der Waals surface area contributed by atoms with E-state index in [2.05, 4.69) is 14.9 Å². The van der Waals surface area contributed by atoms with Gasteiger partial charge < -0.3 is 5.32 Å². The maximum absolute atomic E-state index is 12.4. The molecule has 2 saturated heterocycles. The number of likely N-dealkylation sites (tertiary alicyclic amines) is 1. The summed E-state index contributed by atoms with van der Waals surface area (Å²) in [6.45, 7) is 2.27. The Balaban J connectivity index is 1.56. The number of piperidine rings is 1. The van der Waals surface area contributed by atoms with Crippen LogP contribution >= 0.6 is 0 Å². The molecule has 1 atom stereocenters. The summed E-state index contributed by atoms with van der Waals surface area (Å²) in [4.78, 5) is 14.6. The van der Waals surface area contributed by atoms with E-state index in [9.17, 15) is 13.2 Å². The molecule has 0 spiro atoms. The van der Waals surface area contributed by atoms with E-state index >= 15 is 0 Å². The molecular formula is C17H25N3O3S. The maximum atomic E-state index is 12.4. The molecular weight excluding hydrogens is 326 g/mol. The van der Waals surface area contributed by atoms with Crippen molar-refractivity contribution < 1.29 is 13.2 Å². The summed E-state index contributed by atoms with van der Waals surface area (Å²) in [5.74, 6) is 0.121. The Morgan fingerprint density at radius 3 is 2.46 bits per heavy atom. The van der Waals surface area contributed by atoms with Gasteiger partial charge in [0.05, 0.1) is 10.9 Å². The SMILES string of the molecule is O=C1NCCCCC1N1CCC(NS(=O)(=O)c2ccccc2)CC1. The molecule has 0 aliphatic carbocycles. The second-order valence-corrected chi connectivity index (χ2v) is 8.26. The minimum absolute atomic E-state index is 0.0563. The standard InChI is InChI=1S/C17H25N3O3S/c21-17-16(8-4-5-11-18-17)20-12-9-14(10-13-20)19-24(22,23)15-6-2-1-3-7-15/h1-3,6-7,14,16,19H,4-5,8-13H2,(H,18,21). The van der Waals surface area contributed by atoms with Crippen molar-refractivity contribution in [3.05, 3.63) is 30.3 Å². The Hall–Kier alpha value is -1.44. The maximum Gasteiger partial charge on any atom is 0.240 e. The zero-order valence-electron chi connectivity index (χ0n) is 13.8. The van der Waals surface area contributed by atoms with Gasteiger partial charge in [-0.15, -0.1) is 0 Å². The highest BCUT2D eigenvalue weighted by molar-refractivity contribution is 7.89. The quantitative estimate of drug-likeness (QED) is 0.851. The van der Waals surface area contributed by atoms with Crippen LogP contribution in [0.5, 0.6) is 0 Å². The van der Waals surface area contributed by atoms with Gasteiger partial charge in [-0.25, -0.2) is 13.1 Å². The smallest absolute Gasteiger partial charge is 0.240 e. The van der Waals surface area contributed by atoms with Crippen molar-refractivity contribution in [1.29, 1.82) is 0 Å². The highest BCUT2D eigenvalue weighted by atomic mass is 32.2. The number of sulfonamides is 1. The number of rotatable bonds is 4. The third kappa shape index (κ3) is 4.15.